The van der Waals surface area contributed by atoms with E-state index in [1.807, 2.05) is 57.2 Å². The number of aromatic nitrogens is 1. The van der Waals surface area contributed by atoms with Gasteiger partial charge in [0, 0.05) is 16.5 Å². The number of allylic oxidation sites excluding steroid dienone is 7. The molecule has 0 radical (unpaired) electrons. The molecule has 2 aromatic rings. The van der Waals surface area contributed by atoms with Crippen molar-refractivity contribution in [1.82, 2.24) is 4.98 Å². The van der Waals surface area contributed by atoms with Crippen LogP contribution in [0.25, 0.3) is 22.0 Å². The molecule has 1 N–H and O–H groups in total. The number of fused-ring (bicyclic) bond motifs is 1. The molecule has 2 heteroatoms. The lowest BCUT2D eigenvalue weighted by molar-refractivity contribution is 0.431. The Labute approximate surface area is 156 Å². The Bertz CT molecular complexity index is 938. The Balaban J connectivity index is 2.78. The highest BCUT2D eigenvalue weighted by Crippen LogP contribution is 2.31. The Hall–Kier alpha value is -2.87. The second-order valence-corrected chi connectivity index (χ2v) is 6.60. The van der Waals surface area contributed by atoms with Crippen LogP contribution in [0.5, 0.6) is 0 Å². The van der Waals surface area contributed by atoms with E-state index in [2.05, 4.69) is 26.1 Å². The number of rotatable bonds is 6. The minimum atomic E-state index is 0.313. The molecule has 1 aromatic carbocycles. The lowest BCUT2D eigenvalue weighted by atomic mass is 9.97. The summed E-state index contributed by atoms with van der Waals surface area (Å²) in [5, 5.41) is 11.7. The Morgan fingerprint density at radius 2 is 1.88 bits per heavy atom. The van der Waals surface area contributed by atoms with E-state index < -0.39 is 0 Å². The summed E-state index contributed by atoms with van der Waals surface area (Å²) >= 11 is 0. The first-order valence-electron chi connectivity index (χ1n) is 8.86. The van der Waals surface area contributed by atoms with Crippen molar-refractivity contribution in [3.63, 3.8) is 0 Å². The molecule has 0 aliphatic carbocycles. The van der Waals surface area contributed by atoms with Crippen LogP contribution in [-0.2, 0) is 0 Å². The first-order chi connectivity index (χ1) is 12.4. The maximum atomic E-state index is 10.6. The van der Waals surface area contributed by atoms with Crippen LogP contribution in [0.15, 0.2) is 78.6 Å². The fourth-order valence-corrected chi connectivity index (χ4v) is 2.84. The molecule has 1 aromatic heterocycles. The van der Waals surface area contributed by atoms with Crippen LogP contribution >= 0.6 is 0 Å². The van der Waals surface area contributed by atoms with Crippen molar-refractivity contribution in [1.29, 1.82) is 0 Å². The van der Waals surface area contributed by atoms with Gasteiger partial charge in [-0.3, -0.25) is 0 Å². The quantitative estimate of drug-likeness (QED) is 0.450. The Morgan fingerprint density at radius 3 is 2.46 bits per heavy atom. The predicted octanol–water partition coefficient (Wildman–Crippen LogP) is 7.03. The van der Waals surface area contributed by atoms with Crippen LogP contribution in [-0.4, -0.2) is 10.1 Å². The fraction of sp³-hybridized carbons (Fsp3) is 0.208. The number of hydrogen-bond donors (Lipinski definition) is 1. The van der Waals surface area contributed by atoms with Gasteiger partial charge in [0.25, 0.3) is 0 Å². The van der Waals surface area contributed by atoms with Crippen molar-refractivity contribution >= 4 is 22.0 Å². The molecule has 26 heavy (non-hydrogen) atoms. The van der Waals surface area contributed by atoms with Crippen LogP contribution in [0.4, 0.5) is 0 Å². The van der Waals surface area contributed by atoms with Crippen LogP contribution in [0, 0.1) is 0 Å². The van der Waals surface area contributed by atoms with Crippen LogP contribution < -0.4 is 0 Å². The first-order valence-corrected chi connectivity index (χ1v) is 8.86. The number of aliphatic hydroxyl groups is 1. The van der Waals surface area contributed by atoms with Gasteiger partial charge < -0.3 is 5.11 Å². The van der Waals surface area contributed by atoms with Crippen molar-refractivity contribution in [3.05, 3.63) is 89.9 Å². The summed E-state index contributed by atoms with van der Waals surface area (Å²) in [5.74, 6) is 0.313. The highest BCUT2D eigenvalue weighted by molar-refractivity contribution is 5.95. The second-order valence-electron chi connectivity index (χ2n) is 6.60. The average molecular weight is 345 g/mol. The van der Waals surface area contributed by atoms with Crippen LogP contribution in [0.3, 0.4) is 0 Å². The van der Waals surface area contributed by atoms with E-state index in [-0.39, 0.29) is 0 Å². The van der Waals surface area contributed by atoms with E-state index in [0.717, 1.165) is 50.9 Å². The summed E-state index contributed by atoms with van der Waals surface area (Å²) in [6, 6.07) is 10.1. The van der Waals surface area contributed by atoms with Crippen molar-refractivity contribution in [2.24, 2.45) is 0 Å². The van der Waals surface area contributed by atoms with Gasteiger partial charge in [0.05, 0.1) is 11.2 Å². The van der Waals surface area contributed by atoms with E-state index in [4.69, 9.17) is 4.98 Å². The van der Waals surface area contributed by atoms with Gasteiger partial charge in [-0.05, 0) is 44.4 Å². The third-order valence-electron chi connectivity index (χ3n) is 4.06. The third kappa shape index (κ3) is 4.20. The van der Waals surface area contributed by atoms with Crippen LogP contribution in [0.1, 0.15) is 45.4 Å². The molecule has 0 unspecified atom stereocenters. The molecule has 0 spiro atoms. The average Bonchev–Trinajstić information content (AvgIpc) is 2.62. The predicted molar refractivity (Wildman–Crippen MR) is 114 cm³/mol. The molecule has 2 nitrogen and oxygen atoms in total. The zero-order valence-corrected chi connectivity index (χ0v) is 16.1. The van der Waals surface area contributed by atoms with Crippen molar-refractivity contribution in [2.75, 3.05) is 0 Å². The zero-order chi connectivity index (χ0) is 19.3. The van der Waals surface area contributed by atoms with E-state index in [1.165, 1.54) is 0 Å². The minimum absolute atomic E-state index is 0.313. The molecule has 0 aliphatic heterocycles. The zero-order valence-electron chi connectivity index (χ0n) is 16.1. The maximum Gasteiger partial charge on any atom is 0.121 e. The third-order valence-corrected chi connectivity index (χ3v) is 4.06. The molecular weight excluding hydrogens is 318 g/mol. The lowest BCUT2D eigenvalue weighted by Gasteiger charge is -2.13. The molecular formula is C24H27NO. The van der Waals surface area contributed by atoms with Crippen molar-refractivity contribution in [2.45, 2.75) is 34.1 Å². The first kappa shape index (κ1) is 19.5. The fourth-order valence-electron chi connectivity index (χ4n) is 2.84. The van der Waals surface area contributed by atoms with Crippen molar-refractivity contribution < 1.29 is 5.11 Å². The highest BCUT2D eigenvalue weighted by atomic mass is 16.3. The molecule has 0 saturated carbocycles. The van der Waals surface area contributed by atoms with E-state index in [9.17, 15) is 5.11 Å². The summed E-state index contributed by atoms with van der Waals surface area (Å²) in [6.45, 7) is 15.7. The smallest absolute Gasteiger partial charge is 0.121 e. The molecule has 0 bridgehead atoms. The standard InChI is InChI=1S/C24H27NO/c1-7-10-21(24(26)17(5)6)20-12-9-11-19-13-14-22(25-23(19)20)18(8-2)15-16(3)4/h8-15,26H,2-3,7H2,1,4-6H3/b18-15+,21-10-. The number of pyridine rings is 1. The van der Waals surface area contributed by atoms with Gasteiger partial charge in [-0.15, -0.1) is 0 Å². The summed E-state index contributed by atoms with van der Waals surface area (Å²) in [7, 11) is 0. The number of aliphatic hydroxyl groups excluding tert-OH is 1. The maximum absolute atomic E-state index is 10.6. The number of nitrogens with zero attached hydrogens (tertiary/aromatic N) is 1. The SMILES string of the molecule is C=C/C(=C\C(=C)C)c1ccc2cccc(/C(=C/CC)C(O)=C(C)C)c2n1. The molecule has 0 amide bonds. The number of para-hydroxylation sites is 1. The largest absolute Gasteiger partial charge is 0.507 e. The molecule has 0 aliphatic rings. The molecule has 1 heterocycles. The Morgan fingerprint density at radius 1 is 1.15 bits per heavy atom. The van der Waals surface area contributed by atoms with Gasteiger partial charge in [0.2, 0.25) is 0 Å². The molecule has 134 valence electrons. The van der Waals surface area contributed by atoms with E-state index >= 15 is 0 Å². The molecule has 2 rings (SSSR count). The van der Waals surface area contributed by atoms with E-state index in [0.29, 0.717) is 5.76 Å². The van der Waals surface area contributed by atoms with Gasteiger partial charge in [-0.25, -0.2) is 4.98 Å². The number of hydrogen-bond acceptors (Lipinski definition) is 2. The highest BCUT2D eigenvalue weighted by Gasteiger charge is 2.13. The van der Waals surface area contributed by atoms with Gasteiger partial charge in [0.1, 0.15) is 5.76 Å². The Kier molecular flexibility index (Phi) is 6.35. The topological polar surface area (TPSA) is 33.1 Å². The van der Waals surface area contributed by atoms with Gasteiger partial charge >= 0.3 is 0 Å². The van der Waals surface area contributed by atoms with Crippen molar-refractivity contribution in [3.8, 4) is 0 Å². The van der Waals surface area contributed by atoms with Crippen LogP contribution in [0.2, 0.25) is 0 Å². The molecule has 0 fully saturated rings. The summed E-state index contributed by atoms with van der Waals surface area (Å²) in [6.07, 6.45) is 6.64. The van der Waals surface area contributed by atoms with E-state index in [1.54, 1.807) is 6.08 Å². The second kappa shape index (κ2) is 8.48. The minimum Gasteiger partial charge on any atom is -0.507 e. The summed E-state index contributed by atoms with van der Waals surface area (Å²) in [5.41, 5.74) is 6.23. The molecule has 0 saturated heterocycles. The van der Waals surface area contributed by atoms with Gasteiger partial charge in [-0.1, -0.05) is 68.1 Å². The summed E-state index contributed by atoms with van der Waals surface area (Å²) < 4.78 is 0. The number of benzene rings is 1. The summed E-state index contributed by atoms with van der Waals surface area (Å²) in [4.78, 5) is 4.89. The van der Waals surface area contributed by atoms with Gasteiger partial charge in [0.15, 0.2) is 0 Å². The molecule has 0 atom stereocenters. The lowest BCUT2D eigenvalue weighted by Crippen LogP contribution is -1.97. The normalized spacial score (nSPS) is 12.2. The monoisotopic (exact) mass is 345 g/mol. The van der Waals surface area contributed by atoms with Gasteiger partial charge in [-0.2, -0.15) is 0 Å².